The van der Waals surface area contributed by atoms with Gasteiger partial charge in [0.05, 0.1) is 0 Å². The Bertz CT molecular complexity index is 377. The Morgan fingerprint density at radius 2 is 2.00 bits per heavy atom. The number of ether oxygens (including phenoxy) is 1. The molecule has 1 aromatic carbocycles. The molecule has 1 rings (SSSR count). The van der Waals surface area contributed by atoms with Crippen LogP contribution in [0.25, 0.3) is 0 Å². The van der Waals surface area contributed by atoms with Crippen LogP contribution >= 0.6 is 0 Å². The molecule has 0 saturated carbocycles. The number of nitrogens with zero attached hydrogens (tertiary/aromatic N) is 1. The predicted molar refractivity (Wildman–Crippen MR) is 76.6 cm³/mol. The van der Waals surface area contributed by atoms with Crippen LogP contribution in [0.4, 0.5) is 0 Å². The molecule has 4 nitrogen and oxygen atoms in total. The molecule has 2 atom stereocenters. The van der Waals surface area contributed by atoms with Crippen LogP contribution in [0.5, 0.6) is 0 Å². The topological polar surface area (TPSA) is 55.6 Å². The predicted octanol–water partition coefficient (Wildman–Crippen LogP) is 1.79. The van der Waals surface area contributed by atoms with E-state index in [9.17, 15) is 4.79 Å². The summed E-state index contributed by atoms with van der Waals surface area (Å²) in [6, 6.07) is 10.1. The molecule has 0 bridgehead atoms. The van der Waals surface area contributed by atoms with E-state index in [4.69, 9.17) is 10.5 Å². The van der Waals surface area contributed by atoms with Crippen LogP contribution in [0.15, 0.2) is 30.3 Å². The van der Waals surface area contributed by atoms with Crippen molar-refractivity contribution in [2.45, 2.75) is 39.0 Å². The first-order valence-electron chi connectivity index (χ1n) is 6.71. The average molecular weight is 264 g/mol. The molecule has 1 amide bonds. The lowest BCUT2D eigenvalue weighted by Gasteiger charge is -2.31. The van der Waals surface area contributed by atoms with Gasteiger partial charge in [0, 0.05) is 26.2 Å². The Balaban J connectivity index is 2.86. The molecule has 4 heteroatoms. The molecule has 0 heterocycles. The lowest BCUT2D eigenvalue weighted by Crippen LogP contribution is -2.47. The van der Waals surface area contributed by atoms with Gasteiger partial charge < -0.3 is 15.4 Å². The van der Waals surface area contributed by atoms with Gasteiger partial charge in [0.2, 0.25) is 0 Å². The number of benzene rings is 1. The van der Waals surface area contributed by atoms with Crippen molar-refractivity contribution < 1.29 is 9.53 Å². The third kappa shape index (κ3) is 4.33. The molecule has 106 valence electrons. The van der Waals surface area contributed by atoms with Crippen molar-refractivity contribution in [1.82, 2.24) is 4.90 Å². The lowest BCUT2D eigenvalue weighted by atomic mass is 10.1. The van der Waals surface area contributed by atoms with E-state index in [-0.39, 0.29) is 18.5 Å². The van der Waals surface area contributed by atoms with Crippen molar-refractivity contribution in [1.29, 1.82) is 0 Å². The third-order valence-electron chi connectivity index (χ3n) is 3.38. The van der Waals surface area contributed by atoms with E-state index in [1.165, 1.54) is 7.11 Å². The van der Waals surface area contributed by atoms with Crippen LogP contribution < -0.4 is 5.73 Å². The highest BCUT2D eigenvalue weighted by molar-refractivity contribution is 5.81. The highest BCUT2D eigenvalue weighted by Gasteiger charge is 2.26. The van der Waals surface area contributed by atoms with Crippen LogP contribution in [-0.4, -0.2) is 36.6 Å². The van der Waals surface area contributed by atoms with Gasteiger partial charge >= 0.3 is 0 Å². The van der Waals surface area contributed by atoms with Crippen LogP contribution in [0.1, 0.15) is 25.8 Å². The van der Waals surface area contributed by atoms with Crippen molar-refractivity contribution >= 4 is 5.91 Å². The van der Waals surface area contributed by atoms with Crippen molar-refractivity contribution in [2.75, 3.05) is 13.7 Å². The number of amides is 1. The van der Waals surface area contributed by atoms with E-state index in [2.05, 4.69) is 6.92 Å². The second-order valence-electron chi connectivity index (χ2n) is 4.67. The van der Waals surface area contributed by atoms with Crippen molar-refractivity contribution in [2.24, 2.45) is 5.73 Å². The van der Waals surface area contributed by atoms with Gasteiger partial charge in [-0.15, -0.1) is 0 Å². The quantitative estimate of drug-likeness (QED) is 0.817. The van der Waals surface area contributed by atoms with Gasteiger partial charge in [-0.2, -0.15) is 0 Å². The summed E-state index contributed by atoms with van der Waals surface area (Å²) < 4.78 is 5.16. The Labute approximate surface area is 115 Å². The Hall–Kier alpha value is -1.39. The molecule has 2 N–H and O–H groups in total. The van der Waals surface area contributed by atoms with E-state index >= 15 is 0 Å². The fourth-order valence-corrected chi connectivity index (χ4v) is 1.93. The third-order valence-corrected chi connectivity index (χ3v) is 3.38. The summed E-state index contributed by atoms with van der Waals surface area (Å²) in [4.78, 5) is 14.3. The zero-order valence-electron chi connectivity index (χ0n) is 12.0. The second-order valence-corrected chi connectivity index (χ2v) is 4.67. The van der Waals surface area contributed by atoms with Gasteiger partial charge in [-0.3, -0.25) is 4.79 Å². The molecule has 0 spiro atoms. The molecular weight excluding hydrogens is 240 g/mol. The molecule has 0 aliphatic carbocycles. The molecule has 0 radical (unpaired) electrons. The monoisotopic (exact) mass is 264 g/mol. The molecule has 0 aliphatic rings. The first-order valence-corrected chi connectivity index (χ1v) is 6.71. The van der Waals surface area contributed by atoms with Crippen molar-refractivity contribution in [3.63, 3.8) is 0 Å². The maximum Gasteiger partial charge on any atom is 0.253 e. The van der Waals surface area contributed by atoms with Gasteiger partial charge in [0.25, 0.3) is 5.91 Å². The van der Waals surface area contributed by atoms with E-state index in [0.717, 1.165) is 12.0 Å². The van der Waals surface area contributed by atoms with Gasteiger partial charge in [-0.25, -0.2) is 0 Å². The first-order chi connectivity index (χ1) is 9.13. The first kappa shape index (κ1) is 15.7. The summed E-state index contributed by atoms with van der Waals surface area (Å²) in [6.07, 6.45) is 0.345. The number of hydrogen-bond donors (Lipinski definition) is 1. The Kier molecular flexibility index (Phi) is 6.53. The van der Waals surface area contributed by atoms with Crippen LogP contribution in [0, 0.1) is 0 Å². The number of nitrogens with two attached hydrogens (primary N) is 1. The van der Waals surface area contributed by atoms with E-state index in [0.29, 0.717) is 6.54 Å². The number of hydrogen-bond acceptors (Lipinski definition) is 3. The van der Waals surface area contributed by atoms with Gasteiger partial charge in [0.15, 0.2) is 0 Å². The molecule has 19 heavy (non-hydrogen) atoms. The van der Waals surface area contributed by atoms with Crippen molar-refractivity contribution in [3.05, 3.63) is 35.9 Å². The SMILES string of the molecule is CCC(C)N(Cc1ccccc1)C(=O)C(CN)OC. The van der Waals surface area contributed by atoms with Crippen LogP contribution in [-0.2, 0) is 16.1 Å². The Morgan fingerprint density at radius 3 is 2.47 bits per heavy atom. The minimum atomic E-state index is -0.558. The average Bonchev–Trinajstić information content (AvgIpc) is 2.46. The summed E-state index contributed by atoms with van der Waals surface area (Å²) in [5, 5.41) is 0. The van der Waals surface area contributed by atoms with Gasteiger partial charge in [0.1, 0.15) is 6.10 Å². The molecule has 0 aromatic heterocycles. The fraction of sp³-hybridized carbons (Fsp3) is 0.533. The summed E-state index contributed by atoms with van der Waals surface area (Å²) in [7, 11) is 1.52. The van der Waals surface area contributed by atoms with E-state index < -0.39 is 6.10 Å². The minimum Gasteiger partial charge on any atom is -0.370 e. The Morgan fingerprint density at radius 1 is 1.37 bits per heavy atom. The molecule has 1 aromatic rings. The summed E-state index contributed by atoms with van der Waals surface area (Å²) in [6.45, 7) is 4.91. The van der Waals surface area contributed by atoms with Crippen molar-refractivity contribution in [3.8, 4) is 0 Å². The summed E-state index contributed by atoms with van der Waals surface area (Å²) >= 11 is 0. The van der Waals surface area contributed by atoms with E-state index in [1.807, 2.05) is 42.2 Å². The minimum absolute atomic E-state index is 0.0387. The molecule has 0 fully saturated rings. The molecule has 2 unspecified atom stereocenters. The maximum absolute atomic E-state index is 12.4. The molecule has 0 aliphatic heterocycles. The summed E-state index contributed by atoms with van der Waals surface area (Å²) in [5.41, 5.74) is 6.70. The maximum atomic E-state index is 12.4. The molecular formula is C15H24N2O2. The highest BCUT2D eigenvalue weighted by Crippen LogP contribution is 2.13. The number of carbonyl (C=O) groups excluding carboxylic acids is 1. The zero-order valence-corrected chi connectivity index (χ0v) is 12.0. The largest absolute Gasteiger partial charge is 0.370 e. The normalized spacial score (nSPS) is 13.9. The molecule has 0 saturated heterocycles. The van der Waals surface area contributed by atoms with Gasteiger partial charge in [-0.05, 0) is 18.9 Å². The zero-order chi connectivity index (χ0) is 14.3. The fourth-order valence-electron chi connectivity index (χ4n) is 1.93. The highest BCUT2D eigenvalue weighted by atomic mass is 16.5. The standard InChI is InChI=1S/C15H24N2O2/c1-4-12(2)17(15(18)14(10-16)19-3)11-13-8-6-5-7-9-13/h5-9,12,14H,4,10-11,16H2,1-3H3. The van der Waals surface area contributed by atoms with Crippen LogP contribution in [0.3, 0.4) is 0 Å². The summed E-state index contributed by atoms with van der Waals surface area (Å²) in [5.74, 6) is -0.0387. The van der Waals surface area contributed by atoms with Crippen LogP contribution in [0.2, 0.25) is 0 Å². The number of carbonyl (C=O) groups is 1. The number of methoxy groups -OCH3 is 1. The van der Waals surface area contributed by atoms with Gasteiger partial charge in [-0.1, -0.05) is 37.3 Å². The smallest absolute Gasteiger partial charge is 0.253 e. The second kappa shape index (κ2) is 7.92. The lowest BCUT2D eigenvalue weighted by molar-refractivity contribution is -0.144. The van der Waals surface area contributed by atoms with E-state index in [1.54, 1.807) is 0 Å². The number of rotatable bonds is 7.